The second kappa shape index (κ2) is 5.14. The lowest BCUT2D eigenvalue weighted by Crippen LogP contribution is -2.09. The van der Waals surface area contributed by atoms with Gasteiger partial charge < -0.3 is 11.1 Å². The molecule has 0 fully saturated rings. The van der Waals surface area contributed by atoms with Crippen LogP contribution in [-0.4, -0.2) is 9.97 Å². The molecule has 2 heterocycles. The van der Waals surface area contributed by atoms with Crippen LogP contribution in [0, 0.1) is 0 Å². The number of pyridine rings is 2. The number of hydrogen-bond acceptors (Lipinski definition) is 4. The van der Waals surface area contributed by atoms with E-state index in [2.05, 4.69) is 38.1 Å². The van der Waals surface area contributed by atoms with Crippen LogP contribution in [0.15, 0.2) is 41.3 Å². The zero-order valence-electron chi connectivity index (χ0n) is 9.39. The Morgan fingerprint density at radius 2 is 2.06 bits per heavy atom. The molecular weight excluding hydrogens is 280 g/mol. The second-order valence-electron chi connectivity index (χ2n) is 3.74. The van der Waals surface area contributed by atoms with Crippen molar-refractivity contribution in [1.29, 1.82) is 0 Å². The summed E-state index contributed by atoms with van der Waals surface area (Å²) in [5.41, 5.74) is 7.65. The van der Waals surface area contributed by atoms with E-state index in [9.17, 15) is 0 Å². The van der Waals surface area contributed by atoms with Crippen molar-refractivity contribution in [2.75, 3.05) is 11.1 Å². The molecule has 4 nitrogen and oxygen atoms in total. The second-order valence-corrected chi connectivity index (χ2v) is 4.65. The Hall–Kier alpha value is -1.62. The Morgan fingerprint density at radius 1 is 1.35 bits per heavy atom. The third kappa shape index (κ3) is 2.94. The third-order valence-corrected chi connectivity index (χ3v) is 2.88. The van der Waals surface area contributed by atoms with Crippen molar-refractivity contribution < 1.29 is 0 Å². The molecule has 3 N–H and O–H groups in total. The third-order valence-electron chi connectivity index (χ3n) is 2.44. The summed E-state index contributed by atoms with van der Waals surface area (Å²) in [6, 6.07) is 5.89. The van der Waals surface area contributed by atoms with E-state index in [0.29, 0.717) is 11.5 Å². The van der Waals surface area contributed by atoms with E-state index in [1.165, 1.54) is 0 Å². The summed E-state index contributed by atoms with van der Waals surface area (Å²) in [7, 11) is 0. The van der Waals surface area contributed by atoms with E-state index in [4.69, 9.17) is 5.73 Å². The first-order valence-corrected chi connectivity index (χ1v) is 6.03. The highest BCUT2D eigenvalue weighted by atomic mass is 79.9. The molecule has 2 aromatic rings. The van der Waals surface area contributed by atoms with Crippen LogP contribution >= 0.6 is 15.9 Å². The molecule has 0 saturated heterocycles. The first-order valence-electron chi connectivity index (χ1n) is 5.24. The standard InChI is InChI=1S/C12H13BrN4/c1-8(9-2-4-15-5-3-9)17-12-11(14)6-10(13)7-16-12/h2-8H,14H2,1H3,(H,16,17). The van der Waals surface area contributed by atoms with Crippen molar-refractivity contribution >= 4 is 27.4 Å². The summed E-state index contributed by atoms with van der Waals surface area (Å²) in [5, 5.41) is 3.27. The topological polar surface area (TPSA) is 63.8 Å². The fraction of sp³-hybridized carbons (Fsp3) is 0.167. The Bertz CT molecular complexity index is 501. The van der Waals surface area contributed by atoms with Gasteiger partial charge in [0.1, 0.15) is 5.82 Å². The van der Waals surface area contributed by atoms with E-state index >= 15 is 0 Å². The minimum atomic E-state index is 0.133. The van der Waals surface area contributed by atoms with E-state index in [1.54, 1.807) is 18.6 Å². The van der Waals surface area contributed by atoms with Crippen molar-refractivity contribution in [3.05, 3.63) is 46.8 Å². The van der Waals surface area contributed by atoms with Crippen LogP contribution in [0.4, 0.5) is 11.5 Å². The molecule has 5 heteroatoms. The van der Waals surface area contributed by atoms with Crippen molar-refractivity contribution in [1.82, 2.24) is 9.97 Å². The molecule has 1 atom stereocenters. The largest absolute Gasteiger partial charge is 0.396 e. The minimum Gasteiger partial charge on any atom is -0.396 e. The number of aromatic nitrogens is 2. The summed E-state index contributed by atoms with van der Waals surface area (Å²) in [4.78, 5) is 8.23. The summed E-state index contributed by atoms with van der Waals surface area (Å²) in [5.74, 6) is 0.692. The molecule has 0 spiro atoms. The molecule has 0 aliphatic rings. The quantitative estimate of drug-likeness (QED) is 0.913. The maximum absolute atomic E-state index is 5.88. The van der Waals surface area contributed by atoms with Gasteiger partial charge in [-0.25, -0.2) is 4.98 Å². The maximum atomic E-state index is 5.88. The van der Waals surface area contributed by atoms with Gasteiger partial charge in [0.2, 0.25) is 0 Å². The number of nitrogen functional groups attached to an aromatic ring is 1. The van der Waals surface area contributed by atoms with E-state index in [1.807, 2.05) is 18.2 Å². The smallest absolute Gasteiger partial charge is 0.149 e. The Kier molecular flexibility index (Phi) is 3.58. The molecule has 0 aliphatic carbocycles. The fourth-order valence-corrected chi connectivity index (χ4v) is 1.87. The van der Waals surface area contributed by atoms with Gasteiger partial charge >= 0.3 is 0 Å². The predicted octanol–water partition coefficient (Wildman–Crippen LogP) is 2.99. The van der Waals surface area contributed by atoms with Gasteiger partial charge in [0.05, 0.1) is 11.7 Å². The van der Waals surface area contributed by atoms with Crippen LogP contribution in [0.5, 0.6) is 0 Å². The van der Waals surface area contributed by atoms with Crippen LogP contribution in [0.3, 0.4) is 0 Å². The van der Waals surface area contributed by atoms with E-state index in [-0.39, 0.29) is 6.04 Å². The van der Waals surface area contributed by atoms with Crippen molar-refractivity contribution in [2.24, 2.45) is 0 Å². The minimum absolute atomic E-state index is 0.133. The first-order chi connectivity index (χ1) is 8.16. The molecule has 1 unspecified atom stereocenters. The predicted molar refractivity (Wildman–Crippen MR) is 72.6 cm³/mol. The average Bonchev–Trinajstić information content (AvgIpc) is 2.34. The van der Waals surface area contributed by atoms with Gasteiger partial charge in [-0.05, 0) is 46.6 Å². The molecule has 0 amide bonds. The first kappa shape index (κ1) is 11.9. The van der Waals surface area contributed by atoms with Gasteiger partial charge in [-0.15, -0.1) is 0 Å². The highest BCUT2D eigenvalue weighted by molar-refractivity contribution is 9.10. The van der Waals surface area contributed by atoms with Crippen molar-refractivity contribution in [3.63, 3.8) is 0 Å². The molecule has 17 heavy (non-hydrogen) atoms. The molecule has 0 radical (unpaired) electrons. The molecule has 0 aromatic carbocycles. The van der Waals surface area contributed by atoms with Gasteiger partial charge in [0, 0.05) is 23.1 Å². The highest BCUT2D eigenvalue weighted by Gasteiger charge is 2.08. The Labute approximate surface area is 108 Å². The number of anilines is 2. The molecule has 0 aliphatic heterocycles. The number of halogens is 1. The van der Waals surface area contributed by atoms with Gasteiger partial charge in [0.25, 0.3) is 0 Å². The van der Waals surface area contributed by atoms with Crippen molar-refractivity contribution in [2.45, 2.75) is 13.0 Å². The molecule has 2 aromatic heterocycles. The Morgan fingerprint density at radius 3 is 2.71 bits per heavy atom. The zero-order chi connectivity index (χ0) is 12.3. The monoisotopic (exact) mass is 292 g/mol. The molecular formula is C12H13BrN4. The Balaban J connectivity index is 2.16. The summed E-state index contributed by atoms with van der Waals surface area (Å²) in [6.45, 7) is 2.05. The number of nitrogens with zero attached hydrogens (tertiary/aromatic N) is 2. The van der Waals surface area contributed by atoms with Gasteiger partial charge in [-0.3, -0.25) is 4.98 Å². The summed E-state index contributed by atoms with van der Waals surface area (Å²) in [6.07, 6.45) is 5.26. The molecule has 2 rings (SSSR count). The SMILES string of the molecule is CC(Nc1ncc(Br)cc1N)c1ccncc1. The fourth-order valence-electron chi connectivity index (χ4n) is 1.52. The number of hydrogen-bond donors (Lipinski definition) is 2. The molecule has 88 valence electrons. The van der Waals surface area contributed by atoms with Gasteiger partial charge in [0.15, 0.2) is 0 Å². The maximum Gasteiger partial charge on any atom is 0.149 e. The highest BCUT2D eigenvalue weighted by Crippen LogP contribution is 2.24. The number of rotatable bonds is 3. The van der Waals surface area contributed by atoms with Gasteiger partial charge in [-0.1, -0.05) is 0 Å². The van der Waals surface area contributed by atoms with E-state index < -0.39 is 0 Å². The van der Waals surface area contributed by atoms with Crippen LogP contribution in [-0.2, 0) is 0 Å². The lowest BCUT2D eigenvalue weighted by molar-refractivity contribution is 0.871. The normalized spacial score (nSPS) is 12.1. The van der Waals surface area contributed by atoms with E-state index in [0.717, 1.165) is 10.0 Å². The lowest BCUT2D eigenvalue weighted by Gasteiger charge is -2.16. The zero-order valence-corrected chi connectivity index (χ0v) is 11.0. The molecule has 0 saturated carbocycles. The van der Waals surface area contributed by atoms with Gasteiger partial charge in [-0.2, -0.15) is 0 Å². The van der Waals surface area contributed by atoms with Crippen molar-refractivity contribution in [3.8, 4) is 0 Å². The number of nitrogens with two attached hydrogens (primary N) is 1. The number of nitrogens with one attached hydrogen (secondary N) is 1. The van der Waals surface area contributed by atoms with Crippen LogP contribution < -0.4 is 11.1 Å². The molecule has 0 bridgehead atoms. The van der Waals surface area contributed by atoms with Crippen LogP contribution in [0.1, 0.15) is 18.5 Å². The van der Waals surface area contributed by atoms with Crippen LogP contribution in [0.2, 0.25) is 0 Å². The lowest BCUT2D eigenvalue weighted by atomic mass is 10.1. The summed E-state index contributed by atoms with van der Waals surface area (Å²) < 4.78 is 0.872. The summed E-state index contributed by atoms with van der Waals surface area (Å²) >= 11 is 3.33. The van der Waals surface area contributed by atoms with Crippen LogP contribution in [0.25, 0.3) is 0 Å². The average molecular weight is 293 g/mol.